The number of hydrogen-bond donors (Lipinski definition) is 0. The van der Waals surface area contributed by atoms with Gasteiger partial charge in [-0.15, -0.1) is 0 Å². The van der Waals surface area contributed by atoms with Gasteiger partial charge in [0.05, 0.1) is 0 Å². The molecule has 1 aliphatic carbocycles. The number of benzene rings is 1. The van der Waals surface area contributed by atoms with E-state index in [0.29, 0.717) is 0 Å². The summed E-state index contributed by atoms with van der Waals surface area (Å²) in [7, 11) is 0. The molecule has 1 aromatic rings. The van der Waals surface area contributed by atoms with Crippen LogP contribution in [0.4, 0.5) is 0 Å². The first-order chi connectivity index (χ1) is 7.82. The second kappa shape index (κ2) is 5.33. The molecule has 1 aliphatic rings. The fourth-order valence-corrected chi connectivity index (χ4v) is 4.04. The van der Waals surface area contributed by atoms with Crippen LogP contribution >= 0.6 is 31.9 Å². The van der Waals surface area contributed by atoms with Crippen molar-refractivity contribution in [2.24, 2.45) is 5.41 Å². The van der Waals surface area contributed by atoms with E-state index in [1.807, 2.05) is 0 Å². The third-order valence-corrected chi connectivity index (χ3v) is 5.22. The fourth-order valence-electron chi connectivity index (χ4n) is 2.05. The van der Waals surface area contributed by atoms with Crippen molar-refractivity contribution >= 4 is 37.4 Å². The average molecular weight is 342 g/mol. The maximum atomic E-state index is 3.66. The Labute approximate surface area is 114 Å². The summed E-state index contributed by atoms with van der Waals surface area (Å²) in [5.74, 6) is 0. The molecule has 2 heteroatoms. The van der Waals surface area contributed by atoms with E-state index in [9.17, 15) is 0 Å². The van der Waals surface area contributed by atoms with Crippen LogP contribution in [0.1, 0.15) is 12.0 Å². The SMILES string of the molecule is BrCC1(CBr)CC=CC=C1c1ccccc1. The van der Waals surface area contributed by atoms with Gasteiger partial charge in [-0.1, -0.05) is 80.4 Å². The van der Waals surface area contributed by atoms with Crippen LogP contribution in [0.2, 0.25) is 0 Å². The Bertz CT molecular complexity index is 400. The summed E-state index contributed by atoms with van der Waals surface area (Å²) in [6.45, 7) is 0. The second-order valence-electron chi connectivity index (χ2n) is 4.13. The van der Waals surface area contributed by atoms with E-state index in [1.165, 1.54) is 11.1 Å². The zero-order chi connectivity index (χ0) is 11.4. The van der Waals surface area contributed by atoms with Crippen LogP contribution in [-0.4, -0.2) is 10.7 Å². The number of allylic oxidation sites excluding steroid dienone is 4. The molecule has 0 saturated carbocycles. The molecule has 84 valence electrons. The molecule has 0 nitrogen and oxygen atoms in total. The summed E-state index contributed by atoms with van der Waals surface area (Å²) in [4.78, 5) is 0. The molecule has 0 N–H and O–H groups in total. The maximum absolute atomic E-state index is 3.66. The van der Waals surface area contributed by atoms with Gasteiger partial charge in [0, 0.05) is 16.1 Å². The molecular weight excluding hydrogens is 328 g/mol. The van der Waals surface area contributed by atoms with Crippen molar-refractivity contribution in [3.05, 3.63) is 54.1 Å². The van der Waals surface area contributed by atoms with E-state index in [-0.39, 0.29) is 5.41 Å². The van der Waals surface area contributed by atoms with E-state index in [1.54, 1.807) is 0 Å². The number of hydrogen-bond acceptors (Lipinski definition) is 0. The minimum absolute atomic E-state index is 0.191. The van der Waals surface area contributed by atoms with Gasteiger partial charge in [-0.2, -0.15) is 0 Å². The summed E-state index contributed by atoms with van der Waals surface area (Å²) in [6.07, 6.45) is 7.73. The Balaban J connectivity index is 2.44. The number of halogens is 2. The molecule has 0 unspecified atom stereocenters. The Morgan fingerprint density at radius 3 is 2.38 bits per heavy atom. The summed E-state index contributed by atoms with van der Waals surface area (Å²) in [6, 6.07) is 10.6. The molecule has 0 radical (unpaired) electrons. The fraction of sp³-hybridized carbons (Fsp3) is 0.286. The molecule has 0 heterocycles. The van der Waals surface area contributed by atoms with E-state index in [2.05, 4.69) is 80.4 Å². The van der Waals surface area contributed by atoms with Crippen LogP contribution < -0.4 is 0 Å². The summed E-state index contributed by atoms with van der Waals surface area (Å²) in [5, 5.41) is 1.96. The van der Waals surface area contributed by atoms with E-state index in [4.69, 9.17) is 0 Å². The zero-order valence-electron chi connectivity index (χ0n) is 9.00. The Hall–Kier alpha value is -0.340. The minimum atomic E-state index is 0.191. The molecule has 1 aromatic carbocycles. The molecule has 16 heavy (non-hydrogen) atoms. The Morgan fingerprint density at radius 1 is 1.06 bits per heavy atom. The van der Waals surface area contributed by atoms with E-state index < -0.39 is 0 Å². The molecule has 0 fully saturated rings. The monoisotopic (exact) mass is 340 g/mol. The normalized spacial score (nSPS) is 18.2. The van der Waals surface area contributed by atoms with Crippen LogP contribution in [0.15, 0.2) is 48.6 Å². The third kappa shape index (κ3) is 2.18. The van der Waals surface area contributed by atoms with Crippen LogP contribution in [0.25, 0.3) is 5.57 Å². The highest BCUT2D eigenvalue weighted by Gasteiger charge is 2.32. The van der Waals surface area contributed by atoms with E-state index >= 15 is 0 Å². The predicted molar refractivity (Wildman–Crippen MR) is 78.2 cm³/mol. The first kappa shape index (κ1) is 12.1. The van der Waals surface area contributed by atoms with Crippen molar-refractivity contribution < 1.29 is 0 Å². The summed E-state index contributed by atoms with van der Waals surface area (Å²) >= 11 is 7.32. The quantitative estimate of drug-likeness (QED) is 0.692. The Morgan fingerprint density at radius 2 is 1.75 bits per heavy atom. The van der Waals surface area contributed by atoms with Gasteiger partial charge in [-0.05, 0) is 17.6 Å². The standard InChI is InChI=1S/C14H14Br2/c15-10-14(11-16)9-5-4-8-13(14)12-6-2-1-3-7-12/h1-8H,9-11H2. The summed E-state index contributed by atoms with van der Waals surface area (Å²) < 4.78 is 0. The highest BCUT2D eigenvalue weighted by Crippen LogP contribution is 2.43. The van der Waals surface area contributed by atoms with Crippen molar-refractivity contribution in [1.29, 1.82) is 0 Å². The minimum Gasteiger partial charge on any atom is -0.0918 e. The first-order valence-corrected chi connectivity index (χ1v) is 7.61. The zero-order valence-corrected chi connectivity index (χ0v) is 12.2. The van der Waals surface area contributed by atoms with Gasteiger partial charge in [0.2, 0.25) is 0 Å². The van der Waals surface area contributed by atoms with Crippen molar-refractivity contribution in [3.63, 3.8) is 0 Å². The van der Waals surface area contributed by atoms with E-state index in [0.717, 1.165) is 17.1 Å². The lowest BCUT2D eigenvalue weighted by atomic mass is 9.75. The molecule has 0 spiro atoms. The Kier molecular flexibility index (Phi) is 4.04. The molecule has 0 atom stereocenters. The molecule has 0 saturated heterocycles. The molecular formula is C14H14Br2. The molecule has 0 aliphatic heterocycles. The van der Waals surface area contributed by atoms with Gasteiger partial charge in [0.15, 0.2) is 0 Å². The van der Waals surface area contributed by atoms with Crippen LogP contribution in [0.5, 0.6) is 0 Å². The van der Waals surface area contributed by atoms with Crippen LogP contribution in [-0.2, 0) is 0 Å². The molecule has 0 bridgehead atoms. The topological polar surface area (TPSA) is 0 Å². The largest absolute Gasteiger partial charge is 0.0918 e. The van der Waals surface area contributed by atoms with Gasteiger partial charge < -0.3 is 0 Å². The highest BCUT2D eigenvalue weighted by atomic mass is 79.9. The number of alkyl halides is 2. The smallest absolute Gasteiger partial charge is 0.0187 e. The lowest BCUT2D eigenvalue weighted by Gasteiger charge is -2.34. The van der Waals surface area contributed by atoms with Gasteiger partial charge >= 0.3 is 0 Å². The second-order valence-corrected chi connectivity index (χ2v) is 5.25. The lowest BCUT2D eigenvalue weighted by molar-refractivity contribution is 0.536. The van der Waals surface area contributed by atoms with Crippen molar-refractivity contribution in [2.45, 2.75) is 6.42 Å². The number of rotatable bonds is 3. The lowest BCUT2D eigenvalue weighted by Crippen LogP contribution is -2.27. The van der Waals surface area contributed by atoms with Gasteiger partial charge in [-0.25, -0.2) is 0 Å². The first-order valence-electron chi connectivity index (χ1n) is 5.37. The van der Waals surface area contributed by atoms with Crippen LogP contribution in [0.3, 0.4) is 0 Å². The van der Waals surface area contributed by atoms with Crippen molar-refractivity contribution in [1.82, 2.24) is 0 Å². The third-order valence-electron chi connectivity index (χ3n) is 3.08. The van der Waals surface area contributed by atoms with Gasteiger partial charge in [0.25, 0.3) is 0 Å². The summed E-state index contributed by atoms with van der Waals surface area (Å²) in [5.41, 5.74) is 2.94. The maximum Gasteiger partial charge on any atom is 0.0187 e. The average Bonchev–Trinajstić information content (AvgIpc) is 2.39. The predicted octanol–water partition coefficient (Wildman–Crippen LogP) is 4.81. The van der Waals surface area contributed by atoms with Gasteiger partial charge in [0.1, 0.15) is 0 Å². The molecule has 0 aromatic heterocycles. The van der Waals surface area contributed by atoms with Crippen molar-refractivity contribution in [3.8, 4) is 0 Å². The highest BCUT2D eigenvalue weighted by molar-refractivity contribution is 9.09. The van der Waals surface area contributed by atoms with Crippen molar-refractivity contribution in [2.75, 3.05) is 10.7 Å². The molecule has 2 rings (SSSR count). The van der Waals surface area contributed by atoms with Gasteiger partial charge in [-0.3, -0.25) is 0 Å². The molecule has 0 amide bonds. The van der Waals surface area contributed by atoms with Crippen LogP contribution in [0, 0.1) is 5.41 Å².